The molecule has 21 heavy (non-hydrogen) atoms. The van der Waals surface area contributed by atoms with Crippen LogP contribution in [0, 0.1) is 11.3 Å². The summed E-state index contributed by atoms with van der Waals surface area (Å²) in [7, 11) is 3.36. The van der Waals surface area contributed by atoms with Gasteiger partial charge in [-0.1, -0.05) is 13.0 Å². The van der Waals surface area contributed by atoms with Crippen LogP contribution >= 0.6 is 0 Å². The van der Waals surface area contributed by atoms with Gasteiger partial charge in [0.05, 0.1) is 24.5 Å². The van der Waals surface area contributed by atoms with Crippen molar-refractivity contribution in [3.8, 4) is 6.07 Å². The highest BCUT2D eigenvalue weighted by atomic mass is 16.5. The monoisotopic (exact) mass is 291 g/mol. The fourth-order valence-electron chi connectivity index (χ4n) is 2.08. The number of rotatable bonds is 10. The van der Waals surface area contributed by atoms with Gasteiger partial charge in [0.1, 0.15) is 6.07 Å². The highest BCUT2D eigenvalue weighted by Crippen LogP contribution is 2.21. The van der Waals surface area contributed by atoms with Crippen molar-refractivity contribution in [3.63, 3.8) is 0 Å². The van der Waals surface area contributed by atoms with Crippen molar-refractivity contribution in [1.82, 2.24) is 5.32 Å². The minimum atomic E-state index is 0.619. The van der Waals surface area contributed by atoms with Crippen molar-refractivity contribution >= 4 is 5.69 Å². The van der Waals surface area contributed by atoms with Gasteiger partial charge in [0.25, 0.3) is 0 Å². The Bertz CT molecular complexity index is 449. The van der Waals surface area contributed by atoms with Gasteiger partial charge in [-0.3, -0.25) is 0 Å². The van der Waals surface area contributed by atoms with E-state index in [-0.39, 0.29) is 0 Å². The zero-order chi connectivity index (χ0) is 15.5. The fraction of sp³-hybridized carbons (Fsp3) is 0.562. The number of hydrogen-bond acceptors (Lipinski definition) is 5. The molecule has 1 aromatic rings. The molecule has 0 amide bonds. The Morgan fingerprint density at radius 1 is 1.19 bits per heavy atom. The third-order valence-corrected chi connectivity index (χ3v) is 3.23. The second-order valence-electron chi connectivity index (χ2n) is 4.72. The first-order chi connectivity index (χ1) is 10.3. The molecule has 0 heterocycles. The minimum absolute atomic E-state index is 0.619. The van der Waals surface area contributed by atoms with Crippen molar-refractivity contribution in [2.75, 3.05) is 52.0 Å². The molecular weight excluding hydrogens is 266 g/mol. The first kappa shape index (κ1) is 17.4. The van der Waals surface area contributed by atoms with Gasteiger partial charge in [-0.15, -0.1) is 0 Å². The summed E-state index contributed by atoms with van der Waals surface area (Å²) in [6, 6.07) is 8.32. The quantitative estimate of drug-likeness (QED) is 0.712. The number of hydrogen-bond donors (Lipinski definition) is 1. The van der Waals surface area contributed by atoms with E-state index in [1.54, 1.807) is 14.2 Å². The van der Waals surface area contributed by atoms with Crippen LogP contribution in [-0.4, -0.2) is 47.1 Å². The number of nitriles is 1. The molecule has 0 aromatic heterocycles. The van der Waals surface area contributed by atoms with Crippen molar-refractivity contribution in [2.24, 2.45) is 0 Å². The molecule has 1 rings (SSSR count). The molecule has 0 aliphatic carbocycles. The minimum Gasteiger partial charge on any atom is -0.383 e. The van der Waals surface area contributed by atoms with Gasteiger partial charge in [0, 0.05) is 33.9 Å². The molecule has 0 bridgehead atoms. The van der Waals surface area contributed by atoms with Crippen molar-refractivity contribution in [2.45, 2.75) is 13.5 Å². The van der Waals surface area contributed by atoms with Crippen LogP contribution in [0.4, 0.5) is 5.69 Å². The third-order valence-electron chi connectivity index (χ3n) is 3.23. The first-order valence-electron chi connectivity index (χ1n) is 7.23. The summed E-state index contributed by atoms with van der Waals surface area (Å²) in [5.74, 6) is 0. The van der Waals surface area contributed by atoms with Gasteiger partial charge < -0.3 is 19.7 Å². The van der Waals surface area contributed by atoms with E-state index >= 15 is 0 Å². The molecule has 0 saturated carbocycles. The molecule has 0 unspecified atom stereocenters. The lowest BCUT2D eigenvalue weighted by atomic mass is 10.1. The van der Waals surface area contributed by atoms with Crippen LogP contribution in [0.3, 0.4) is 0 Å². The zero-order valence-corrected chi connectivity index (χ0v) is 13.2. The first-order valence-corrected chi connectivity index (χ1v) is 7.23. The summed E-state index contributed by atoms with van der Waals surface area (Å²) in [4.78, 5) is 2.13. The summed E-state index contributed by atoms with van der Waals surface area (Å²) in [6.07, 6.45) is 0. The Balaban J connectivity index is 2.92. The summed E-state index contributed by atoms with van der Waals surface area (Å²) < 4.78 is 10.3. The Labute approximate surface area is 127 Å². The highest BCUT2D eigenvalue weighted by Gasteiger charge is 2.12. The molecule has 5 heteroatoms. The number of methoxy groups -OCH3 is 2. The lowest BCUT2D eigenvalue weighted by Gasteiger charge is -2.25. The Kier molecular flexibility index (Phi) is 8.44. The van der Waals surface area contributed by atoms with Gasteiger partial charge in [-0.05, 0) is 24.2 Å². The van der Waals surface area contributed by atoms with Crippen LogP contribution in [0.1, 0.15) is 18.1 Å². The second-order valence-corrected chi connectivity index (χ2v) is 4.72. The highest BCUT2D eigenvalue weighted by molar-refractivity contribution is 5.60. The van der Waals surface area contributed by atoms with Crippen LogP contribution < -0.4 is 10.2 Å². The fourth-order valence-corrected chi connectivity index (χ4v) is 2.08. The Morgan fingerprint density at radius 3 is 2.38 bits per heavy atom. The van der Waals surface area contributed by atoms with Crippen molar-refractivity contribution in [1.29, 1.82) is 5.26 Å². The predicted octanol–water partition coefficient (Wildman–Crippen LogP) is 1.77. The summed E-state index contributed by atoms with van der Waals surface area (Å²) >= 11 is 0. The SMILES string of the molecule is CCNCc1ccc(N(CCOC)CCOC)c(C#N)c1. The van der Waals surface area contributed by atoms with E-state index in [2.05, 4.69) is 29.3 Å². The molecular formula is C16H25N3O2. The molecule has 0 aliphatic heterocycles. The van der Waals surface area contributed by atoms with Crippen molar-refractivity contribution < 1.29 is 9.47 Å². The second kappa shape index (κ2) is 10.2. The molecule has 0 aliphatic rings. The topological polar surface area (TPSA) is 57.5 Å². The van der Waals surface area contributed by atoms with Gasteiger partial charge in [0.2, 0.25) is 0 Å². The molecule has 1 N–H and O–H groups in total. The maximum absolute atomic E-state index is 9.41. The average Bonchev–Trinajstić information content (AvgIpc) is 2.53. The van der Waals surface area contributed by atoms with Crippen LogP contribution in [0.25, 0.3) is 0 Å². The number of benzene rings is 1. The number of ether oxygens (including phenoxy) is 2. The summed E-state index contributed by atoms with van der Waals surface area (Å²) in [5, 5.41) is 12.7. The summed E-state index contributed by atoms with van der Waals surface area (Å²) in [5.41, 5.74) is 2.75. The smallest absolute Gasteiger partial charge is 0.101 e. The van der Waals surface area contributed by atoms with Crippen LogP contribution in [0.5, 0.6) is 0 Å². The van der Waals surface area contributed by atoms with E-state index in [4.69, 9.17) is 9.47 Å². The molecule has 0 spiro atoms. The lowest BCUT2D eigenvalue weighted by Crippen LogP contribution is -2.31. The Morgan fingerprint density at radius 2 is 1.86 bits per heavy atom. The predicted molar refractivity (Wildman–Crippen MR) is 84.5 cm³/mol. The third kappa shape index (κ3) is 5.72. The molecule has 0 fully saturated rings. The van der Waals surface area contributed by atoms with Gasteiger partial charge >= 0.3 is 0 Å². The molecule has 0 radical (unpaired) electrons. The molecule has 5 nitrogen and oxygen atoms in total. The van der Waals surface area contributed by atoms with Crippen LogP contribution in [0.15, 0.2) is 18.2 Å². The molecule has 1 aromatic carbocycles. The summed E-state index contributed by atoms with van der Waals surface area (Å²) in [6.45, 7) is 6.47. The molecule has 0 saturated heterocycles. The normalized spacial score (nSPS) is 10.4. The van der Waals surface area contributed by atoms with Crippen LogP contribution in [-0.2, 0) is 16.0 Å². The van der Waals surface area contributed by atoms with E-state index < -0.39 is 0 Å². The zero-order valence-electron chi connectivity index (χ0n) is 13.2. The van der Waals surface area contributed by atoms with E-state index in [0.717, 1.165) is 37.4 Å². The van der Waals surface area contributed by atoms with E-state index in [1.807, 2.05) is 12.1 Å². The van der Waals surface area contributed by atoms with Gasteiger partial charge in [0.15, 0.2) is 0 Å². The largest absolute Gasteiger partial charge is 0.383 e. The number of nitrogens with one attached hydrogen (secondary N) is 1. The Hall–Kier alpha value is -1.61. The lowest BCUT2D eigenvalue weighted by molar-refractivity contribution is 0.190. The maximum Gasteiger partial charge on any atom is 0.101 e. The molecule has 116 valence electrons. The number of nitrogens with zero attached hydrogens (tertiary/aromatic N) is 2. The van der Waals surface area contributed by atoms with E-state index in [0.29, 0.717) is 18.8 Å². The standard InChI is InChI=1S/C16H25N3O2/c1-4-18-13-14-5-6-16(15(11-14)12-17)19(7-9-20-2)8-10-21-3/h5-6,11,18H,4,7-10,13H2,1-3H3. The van der Waals surface area contributed by atoms with E-state index in [1.165, 1.54) is 0 Å². The number of anilines is 1. The van der Waals surface area contributed by atoms with Gasteiger partial charge in [-0.2, -0.15) is 5.26 Å². The van der Waals surface area contributed by atoms with Gasteiger partial charge in [-0.25, -0.2) is 0 Å². The van der Waals surface area contributed by atoms with E-state index in [9.17, 15) is 5.26 Å². The molecule has 0 atom stereocenters. The van der Waals surface area contributed by atoms with Crippen molar-refractivity contribution in [3.05, 3.63) is 29.3 Å². The maximum atomic E-state index is 9.41. The average molecular weight is 291 g/mol. The van der Waals surface area contributed by atoms with Crippen LogP contribution in [0.2, 0.25) is 0 Å².